The first-order valence-electron chi connectivity index (χ1n) is 8.59. The molecule has 1 aliphatic carbocycles. The van der Waals surface area contributed by atoms with E-state index in [1.54, 1.807) is 0 Å². The summed E-state index contributed by atoms with van der Waals surface area (Å²) in [5, 5.41) is 4.27. The van der Waals surface area contributed by atoms with Crippen LogP contribution in [0.5, 0.6) is 0 Å². The summed E-state index contributed by atoms with van der Waals surface area (Å²) >= 11 is 1.88. The molecule has 1 aromatic carbocycles. The van der Waals surface area contributed by atoms with Crippen molar-refractivity contribution in [2.45, 2.75) is 51.4 Å². The first-order chi connectivity index (χ1) is 11.3. The summed E-state index contributed by atoms with van der Waals surface area (Å²) in [5.74, 6) is 0.146. The summed E-state index contributed by atoms with van der Waals surface area (Å²) < 4.78 is 0. The zero-order valence-corrected chi connectivity index (χ0v) is 14.3. The average molecular weight is 328 g/mol. The predicted molar refractivity (Wildman–Crippen MR) is 94.8 cm³/mol. The second kappa shape index (κ2) is 8.25. The Morgan fingerprint density at radius 3 is 2.78 bits per heavy atom. The minimum absolute atomic E-state index is 0.146. The first-order valence-corrected chi connectivity index (χ1v) is 9.41. The lowest BCUT2D eigenvalue weighted by Gasteiger charge is -2.06. The maximum absolute atomic E-state index is 11.9. The van der Waals surface area contributed by atoms with Gasteiger partial charge < -0.3 is 5.32 Å². The van der Waals surface area contributed by atoms with Crippen LogP contribution in [0, 0.1) is 0 Å². The number of nitrogens with zero attached hydrogens (tertiary/aromatic N) is 1. The van der Waals surface area contributed by atoms with Crippen LogP contribution in [0.2, 0.25) is 0 Å². The van der Waals surface area contributed by atoms with E-state index in [0.29, 0.717) is 6.42 Å². The van der Waals surface area contributed by atoms with Crippen LogP contribution in [0.4, 0.5) is 0 Å². The van der Waals surface area contributed by atoms with E-state index in [-0.39, 0.29) is 5.91 Å². The average Bonchev–Trinajstić information content (AvgIpc) is 3.00. The van der Waals surface area contributed by atoms with Crippen molar-refractivity contribution in [3.05, 3.63) is 51.5 Å². The quantitative estimate of drug-likeness (QED) is 0.787. The smallest absolute Gasteiger partial charge is 0.220 e. The molecule has 3 nitrogen and oxygen atoms in total. The van der Waals surface area contributed by atoms with Crippen molar-refractivity contribution >= 4 is 17.2 Å². The Morgan fingerprint density at radius 2 is 1.96 bits per heavy atom. The van der Waals surface area contributed by atoms with E-state index >= 15 is 0 Å². The van der Waals surface area contributed by atoms with Gasteiger partial charge in [0.1, 0.15) is 0 Å². The van der Waals surface area contributed by atoms with Gasteiger partial charge in [-0.05, 0) is 44.1 Å². The molecule has 1 N–H and O–H groups in total. The fourth-order valence-electron chi connectivity index (χ4n) is 2.97. The van der Waals surface area contributed by atoms with Crippen LogP contribution in [0.3, 0.4) is 0 Å². The molecular formula is C19H24N2OS. The zero-order valence-electron chi connectivity index (χ0n) is 13.5. The predicted octanol–water partition coefficient (Wildman–Crippen LogP) is 3.70. The molecule has 1 heterocycles. The number of aryl methyl sites for hydroxylation is 4. The molecule has 23 heavy (non-hydrogen) atoms. The Balaban J connectivity index is 1.33. The molecule has 3 rings (SSSR count). The summed E-state index contributed by atoms with van der Waals surface area (Å²) in [7, 11) is 0. The first kappa shape index (κ1) is 16.2. The Morgan fingerprint density at radius 1 is 1.13 bits per heavy atom. The highest BCUT2D eigenvalue weighted by Gasteiger charge is 2.14. The Hall–Kier alpha value is -1.68. The SMILES string of the molecule is O=C(CCc1ccccc1)NCCCc1nc2c(s1)CCCC2. The van der Waals surface area contributed by atoms with Crippen molar-refractivity contribution in [1.29, 1.82) is 0 Å². The summed E-state index contributed by atoms with van der Waals surface area (Å²) in [4.78, 5) is 18.1. The molecule has 1 amide bonds. The number of hydrogen-bond donors (Lipinski definition) is 1. The molecule has 0 atom stereocenters. The number of amides is 1. The highest BCUT2D eigenvalue weighted by molar-refractivity contribution is 7.11. The highest BCUT2D eigenvalue weighted by Crippen LogP contribution is 2.27. The van der Waals surface area contributed by atoms with Gasteiger partial charge in [0.2, 0.25) is 5.91 Å². The van der Waals surface area contributed by atoms with Gasteiger partial charge in [-0.1, -0.05) is 30.3 Å². The van der Waals surface area contributed by atoms with Gasteiger partial charge >= 0.3 is 0 Å². The molecule has 0 bridgehead atoms. The Bertz CT molecular complexity index is 613. The summed E-state index contributed by atoms with van der Waals surface area (Å²) in [6.07, 6.45) is 8.30. The number of hydrogen-bond acceptors (Lipinski definition) is 3. The topological polar surface area (TPSA) is 42.0 Å². The van der Waals surface area contributed by atoms with E-state index in [2.05, 4.69) is 17.4 Å². The number of nitrogens with one attached hydrogen (secondary N) is 1. The third kappa shape index (κ3) is 4.90. The van der Waals surface area contributed by atoms with Crippen LogP contribution in [0.1, 0.15) is 46.8 Å². The number of carbonyl (C=O) groups is 1. The number of thiazole rings is 1. The maximum Gasteiger partial charge on any atom is 0.220 e. The highest BCUT2D eigenvalue weighted by atomic mass is 32.1. The third-order valence-electron chi connectivity index (χ3n) is 4.26. The summed E-state index contributed by atoms with van der Waals surface area (Å²) in [6.45, 7) is 0.748. The number of benzene rings is 1. The van der Waals surface area contributed by atoms with E-state index in [1.807, 2.05) is 29.5 Å². The molecule has 122 valence electrons. The minimum atomic E-state index is 0.146. The summed E-state index contributed by atoms with van der Waals surface area (Å²) in [6, 6.07) is 10.2. The number of aromatic nitrogens is 1. The lowest BCUT2D eigenvalue weighted by molar-refractivity contribution is -0.121. The van der Waals surface area contributed by atoms with E-state index < -0.39 is 0 Å². The van der Waals surface area contributed by atoms with Gasteiger partial charge in [-0.15, -0.1) is 11.3 Å². The molecule has 2 aromatic rings. The molecule has 0 spiro atoms. The maximum atomic E-state index is 11.9. The van der Waals surface area contributed by atoms with Gasteiger partial charge in [0.25, 0.3) is 0 Å². The normalized spacial score (nSPS) is 13.6. The zero-order chi connectivity index (χ0) is 15.9. The van der Waals surface area contributed by atoms with Crippen LogP contribution >= 0.6 is 11.3 Å². The number of fused-ring (bicyclic) bond motifs is 1. The lowest BCUT2D eigenvalue weighted by Crippen LogP contribution is -2.24. The van der Waals surface area contributed by atoms with Crippen molar-refractivity contribution in [3.8, 4) is 0 Å². The molecule has 0 radical (unpaired) electrons. The molecule has 0 aliphatic heterocycles. The minimum Gasteiger partial charge on any atom is -0.356 e. The number of carbonyl (C=O) groups excluding carboxylic acids is 1. The van der Waals surface area contributed by atoms with Crippen molar-refractivity contribution in [1.82, 2.24) is 10.3 Å². The fourth-order valence-corrected chi connectivity index (χ4v) is 4.17. The molecule has 0 saturated heterocycles. The lowest BCUT2D eigenvalue weighted by atomic mass is 10.0. The van der Waals surface area contributed by atoms with E-state index in [4.69, 9.17) is 4.98 Å². The molecule has 0 saturated carbocycles. The van der Waals surface area contributed by atoms with Gasteiger partial charge in [-0.2, -0.15) is 0 Å². The fraction of sp³-hybridized carbons (Fsp3) is 0.474. The van der Waals surface area contributed by atoms with Gasteiger partial charge in [-0.25, -0.2) is 4.98 Å². The van der Waals surface area contributed by atoms with E-state index in [1.165, 1.54) is 40.4 Å². The van der Waals surface area contributed by atoms with Crippen LogP contribution < -0.4 is 5.32 Å². The van der Waals surface area contributed by atoms with Crippen LogP contribution in [0.15, 0.2) is 30.3 Å². The monoisotopic (exact) mass is 328 g/mol. The van der Waals surface area contributed by atoms with Gasteiger partial charge in [0.15, 0.2) is 0 Å². The van der Waals surface area contributed by atoms with E-state index in [9.17, 15) is 4.79 Å². The van der Waals surface area contributed by atoms with Crippen molar-refractivity contribution in [2.75, 3.05) is 6.54 Å². The van der Waals surface area contributed by atoms with Crippen LogP contribution in [-0.4, -0.2) is 17.4 Å². The van der Waals surface area contributed by atoms with Gasteiger partial charge in [0.05, 0.1) is 10.7 Å². The van der Waals surface area contributed by atoms with Crippen molar-refractivity contribution in [2.24, 2.45) is 0 Å². The van der Waals surface area contributed by atoms with Crippen molar-refractivity contribution < 1.29 is 4.79 Å². The third-order valence-corrected chi connectivity index (χ3v) is 5.48. The Kier molecular flexibility index (Phi) is 5.81. The molecule has 1 aromatic heterocycles. The molecule has 0 fully saturated rings. The largest absolute Gasteiger partial charge is 0.356 e. The Labute approximate surface area is 142 Å². The molecule has 4 heteroatoms. The van der Waals surface area contributed by atoms with Crippen molar-refractivity contribution in [3.63, 3.8) is 0 Å². The van der Waals surface area contributed by atoms with Gasteiger partial charge in [-0.3, -0.25) is 4.79 Å². The molecule has 1 aliphatic rings. The molecular weight excluding hydrogens is 304 g/mol. The van der Waals surface area contributed by atoms with E-state index in [0.717, 1.165) is 32.2 Å². The second-order valence-corrected chi connectivity index (χ2v) is 7.29. The van der Waals surface area contributed by atoms with Crippen LogP contribution in [-0.2, 0) is 30.5 Å². The van der Waals surface area contributed by atoms with Crippen LogP contribution in [0.25, 0.3) is 0 Å². The molecule has 0 unspecified atom stereocenters. The van der Waals surface area contributed by atoms with Gasteiger partial charge in [0, 0.05) is 24.3 Å². The second-order valence-electron chi connectivity index (χ2n) is 6.12. The number of rotatable bonds is 7. The summed E-state index contributed by atoms with van der Waals surface area (Å²) in [5.41, 5.74) is 2.55. The standard InChI is InChI=1S/C19H24N2OS/c22-18(13-12-15-7-2-1-3-8-15)20-14-6-11-19-21-16-9-4-5-10-17(16)23-19/h1-3,7-8H,4-6,9-14H2,(H,20,22).